The van der Waals surface area contributed by atoms with E-state index in [4.69, 9.17) is 4.74 Å². The Bertz CT molecular complexity index is 1720. The summed E-state index contributed by atoms with van der Waals surface area (Å²) in [5.74, 6) is 0.747. The summed E-state index contributed by atoms with van der Waals surface area (Å²) in [5, 5.41) is 5.87. The number of nitrogens with zero attached hydrogens (tertiary/aromatic N) is 2. The van der Waals surface area contributed by atoms with Gasteiger partial charge in [0.15, 0.2) is 0 Å². The summed E-state index contributed by atoms with van der Waals surface area (Å²) in [6, 6.07) is 37.4. The molecule has 0 aliphatic carbocycles. The zero-order chi connectivity index (χ0) is 30.8. The highest BCUT2D eigenvalue weighted by Crippen LogP contribution is 2.23. The van der Waals surface area contributed by atoms with Crippen LogP contribution in [0.15, 0.2) is 146 Å². The molecule has 0 aliphatic rings. The predicted octanol–water partition coefficient (Wildman–Crippen LogP) is 7.96. The molecular formula is C38H30N4O3. The number of benzene rings is 4. The van der Waals surface area contributed by atoms with E-state index in [1.807, 2.05) is 72.8 Å². The molecule has 0 fully saturated rings. The maximum Gasteiger partial charge on any atom is 0.255 e. The summed E-state index contributed by atoms with van der Waals surface area (Å²) in [5.41, 5.74) is 7.14. The number of hydrogen-bond donors (Lipinski definition) is 2. The molecule has 0 radical (unpaired) electrons. The Morgan fingerprint density at radius 1 is 0.444 bits per heavy atom. The fourth-order valence-corrected chi connectivity index (χ4v) is 4.78. The van der Waals surface area contributed by atoms with Crippen LogP contribution in [0.5, 0.6) is 11.5 Å². The number of pyridine rings is 2. The van der Waals surface area contributed by atoms with Crippen molar-refractivity contribution in [3.8, 4) is 11.5 Å². The van der Waals surface area contributed by atoms with Crippen LogP contribution in [-0.2, 0) is 12.8 Å². The van der Waals surface area contributed by atoms with Gasteiger partial charge < -0.3 is 15.4 Å². The van der Waals surface area contributed by atoms with Crippen LogP contribution < -0.4 is 15.4 Å². The minimum Gasteiger partial charge on any atom is -0.457 e. The number of carbonyl (C=O) groups is 2. The van der Waals surface area contributed by atoms with Crippen molar-refractivity contribution in [1.29, 1.82) is 0 Å². The molecule has 4 aromatic carbocycles. The Morgan fingerprint density at radius 3 is 1.13 bits per heavy atom. The third-order valence-electron chi connectivity index (χ3n) is 7.21. The maximum absolute atomic E-state index is 12.8. The van der Waals surface area contributed by atoms with Crippen LogP contribution in [0, 0.1) is 0 Å². The highest BCUT2D eigenvalue weighted by molar-refractivity contribution is 6.05. The Hall–Kier alpha value is -6.08. The van der Waals surface area contributed by atoms with Gasteiger partial charge in [-0.3, -0.25) is 19.6 Å². The normalized spacial score (nSPS) is 10.6. The van der Waals surface area contributed by atoms with Gasteiger partial charge in [0, 0.05) is 47.3 Å². The average Bonchev–Trinajstić information content (AvgIpc) is 3.08. The van der Waals surface area contributed by atoms with Gasteiger partial charge in [0.1, 0.15) is 11.5 Å². The highest BCUT2D eigenvalue weighted by atomic mass is 16.5. The van der Waals surface area contributed by atoms with Crippen molar-refractivity contribution < 1.29 is 14.3 Å². The third-order valence-corrected chi connectivity index (χ3v) is 7.21. The number of carbonyl (C=O) groups excluding carboxylic acids is 2. The lowest BCUT2D eigenvalue weighted by molar-refractivity contribution is 0.101. The molecule has 220 valence electrons. The molecule has 0 saturated carbocycles. The zero-order valence-electron chi connectivity index (χ0n) is 24.4. The molecule has 2 heterocycles. The lowest BCUT2D eigenvalue weighted by Gasteiger charge is -2.10. The van der Waals surface area contributed by atoms with Crippen molar-refractivity contribution in [2.45, 2.75) is 12.8 Å². The number of aromatic nitrogens is 2. The summed E-state index contributed by atoms with van der Waals surface area (Å²) < 4.78 is 5.94. The van der Waals surface area contributed by atoms with Crippen molar-refractivity contribution in [1.82, 2.24) is 9.97 Å². The minimum absolute atomic E-state index is 0.206. The number of ether oxygens (including phenoxy) is 1. The van der Waals surface area contributed by atoms with E-state index in [2.05, 4.69) is 20.6 Å². The van der Waals surface area contributed by atoms with Gasteiger partial charge in [-0.25, -0.2) is 0 Å². The first-order chi connectivity index (χ1) is 22.1. The van der Waals surface area contributed by atoms with Crippen LogP contribution in [0.3, 0.4) is 0 Å². The van der Waals surface area contributed by atoms with Gasteiger partial charge in [0.05, 0.1) is 0 Å². The quantitative estimate of drug-likeness (QED) is 0.169. The van der Waals surface area contributed by atoms with E-state index in [0.717, 1.165) is 35.3 Å². The maximum atomic E-state index is 12.8. The van der Waals surface area contributed by atoms with Gasteiger partial charge in [-0.1, -0.05) is 24.3 Å². The first kappa shape index (κ1) is 29.0. The summed E-state index contributed by atoms with van der Waals surface area (Å²) in [4.78, 5) is 33.7. The monoisotopic (exact) mass is 590 g/mol. The van der Waals surface area contributed by atoms with E-state index in [-0.39, 0.29) is 11.8 Å². The summed E-state index contributed by atoms with van der Waals surface area (Å²) in [6.45, 7) is 0. The van der Waals surface area contributed by atoms with Crippen LogP contribution in [-0.4, -0.2) is 21.8 Å². The molecule has 7 nitrogen and oxygen atoms in total. The number of rotatable bonds is 10. The lowest BCUT2D eigenvalue weighted by Crippen LogP contribution is -2.11. The molecule has 45 heavy (non-hydrogen) atoms. The van der Waals surface area contributed by atoms with Crippen LogP contribution in [0.25, 0.3) is 0 Å². The highest BCUT2D eigenvalue weighted by Gasteiger charge is 2.09. The summed E-state index contributed by atoms with van der Waals surface area (Å²) in [6.07, 6.45) is 8.73. The van der Waals surface area contributed by atoms with E-state index >= 15 is 0 Å². The third kappa shape index (κ3) is 8.06. The molecule has 6 rings (SSSR count). The Balaban J connectivity index is 0.987. The Morgan fingerprint density at radius 2 is 0.778 bits per heavy atom. The largest absolute Gasteiger partial charge is 0.457 e. The van der Waals surface area contributed by atoms with Crippen LogP contribution in [0.1, 0.15) is 43.0 Å². The van der Waals surface area contributed by atoms with Crippen LogP contribution in [0.2, 0.25) is 0 Å². The standard InChI is InChI=1S/C38H30N4O3/c43-37(41-33-9-1-27(2-10-33)25-29-17-21-39-22-18-29)31-5-13-35(14-6-31)45-36-15-7-32(8-16-36)38(44)42-34-11-3-28(4-12-34)26-30-19-23-40-24-20-30/h1-24H,25-26H2,(H,41,43)(H,42,44). The van der Waals surface area contributed by atoms with Gasteiger partial charge in [0.25, 0.3) is 11.8 Å². The Labute approximate surface area is 261 Å². The second kappa shape index (κ2) is 13.9. The molecule has 0 atom stereocenters. The van der Waals surface area contributed by atoms with E-state index in [0.29, 0.717) is 22.6 Å². The lowest BCUT2D eigenvalue weighted by atomic mass is 10.1. The number of amides is 2. The zero-order valence-corrected chi connectivity index (χ0v) is 24.4. The number of nitrogens with one attached hydrogen (secondary N) is 2. The smallest absolute Gasteiger partial charge is 0.255 e. The predicted molar refractivity (Wildman–Crippen MR) is 176 cm³/mol. The minimum atomic E-state index is -0.206. The first-order valence-corrected chi connectivity index (χ1v) is 14.5. The molecule has 7 heteroatoms. The molecule has 0 spiro atoms. The van der Waals surface area contributed by atoms with Gasteiger partial charge in [-0.15, -0.1) is 0 Å². The molecule has 0 saturated heterocycles. The van der Waals surface area contributed by atoms with Crippen LogP contribution in [0.4, 0.5) is 11.4 Å². The molecule has 0 unspecified atom stereocenters. The molecule has 2 N–H and O–H groups in total. The van der Waals surface area contributed by atoms with Gasteiger partial charge in [-0.2, -0.15) is 0 Å². The fraction of sp³-hybridized carbons (Fsp3) is 0.0526. The van der Waals surface area contributed by atoms with E-state index in [1.54, 1.807) is 73.3 Å². The molecule has 0 aliphatic heterocycles. The van der Waals surface area contributed by atoms with Crippen LogP contribution >= 0.6 is 0 Å². The SMILES string of the molecule is O=C(Nc1ccc(Cc2ccncc2)cc1)c1ccc(Oc2ccc(C(=O)Nc3ccc(Cc4ccncc4)cc3)cc2)cc1. The second-order valence-electron chi connectivity index (χ2n) is 10.5. The molecule has 0 bridgehead atoms. The number of hydrogen-bond acceptors (Lipinski definition) is 5. The second-order valence-corrected chi connectivity index (χ2v) is 10.5. The van der Waals surface area contributed by atoms with E-state index < -0.39 is 0 Å². The topological polar surface area (TPSA) is 93.2 Å². The van der Waals surface area contributed by atoms with Crippen molar-refractivity contribution in [3.63, 3.8) is 0 Å². The number of anilines is 2. The molecule has 6 aromatic rings. The Kier molecular flexibility index (Phi) is 8.98. The fourth-order valence-electron chi connectivity index (χ4n) is 4.78. The van der Waals surface area contributed by atoms with Crippen molar-refractivity contribution in [3.05, 3.63) is 179 Å². The molecular weight excluding hydrogens is 560 g/mol. The van der Waals surface area contributed by atoms with Crippen molar-refractivity contribution >= 4 is 23.2 Å². The first-order valence-electron chi connectivity index (χ1n) is 14.5. The van der Waals surface area contributed by atoms with E-state index in [1.165, 1.54) is 11.1 Å². The van der Waals surface area contributed by atoms with Gasteiger partial charge in [-0.05, 0) is 132 Å². The average molecular weight is 591 g/mol. The summed E-state index contributed by atoms with van der Waals surface area (Å²) >= 11 is 0. The van der Waals surface area contributed by atoms with E-state index in [9.17, 15) is 9.59 Å². The summed E-state index contributed by atoms with van der Waals surface area (Å²) in [7, 11) is 0. The molecule has 2 amide bonds. The van der Waals surface area contributed by atoms with Gasteiger partial charge >= 0.3 is 0 Å². The van der Waals surface area contributed by atoms with Gasteiger partial charge in [0.2, 0.25) is 0 Å². The molecule has 2 aromatic heterocycles. The van der Waals surface area contributed by atoms with Crippen molar-refractivity contribution in [2.75, 3.05) is 10.6 Å². The van der Waals surface area contributed by atoms with Crippen molar-refractivity contribution in [2.24, 2.45) is 0 Å².